The number of nitrogens with zero attached hydrogens (tertiary/aromatic N) is 4. The molecular formula is C20H23N5OS. The van der Waals surface area contributed by atoms with Crippen LogP contribution in [0.3, 0.4) is 0 Å². The number of benzene rings is 2. The molecule has 1 atom stereocenters. The molecule has 7 heteroatoms. The van der Waals surface area contributed by atoms with Crippen LogP contribution >= 0.6 is 11.8 Å². The number of thioether (sulfide) groups is 1. The molecule has 1 saturated carbocycles. The second kappa shape index (κ2) is 8.08. The summed E-state index contributed by atoms with van der Waals surface area (Å²) in [5.74, 6) is -0.0477. The third-order valence-corrected chi connectivity index (χ3v) is 6.10. The van der Waals surface area contributed by atoms with E-state index >= 15 is 0 Å². The second-order valence-corrected chi connectivity index (χ2v) is 8.32. The van der Waals surface area contributed by atoms with E-state index in [0.29, 0.717) is 6.04 Å². The molecule has 1 aliphatic carbocycles. The molecule has 0 spiro atoms. The first kappa shape index (κ1) is 18.0. The van der Waals surface area contributed by atoms with Crippen molar-refractivity contribution < 1.29 is 4.79 Å². The van der Waals surface area contributed by atoms with Crippen molar-refractivity contribution in [1.82, 2.24) is 20.2 Å². The number of tetrazole rings is 1. The number of rotatable bonds is 5. The molecule has 0 bridgehead atoms. The highest BCUT2D eigenvalue weighted by molar-refractivity contribution is 8.00. The van der Waals surface area contributed by atoms with E-state index in [-0.39, 0.29) is 11.2 Å². The topological polar surface area (TPSA) is 72.7 Å². The first-order chi connectivity index (χ1) is 13.2. The van der Waals surface area contributed by atoms with Crippen molar-refractivity contribution in [3.05, 3.63) is 42.5 Å². The summed E-state index contributed by atoms with van der Waals surface area (Å²) in [5.41, 5.74) is 0.804. The zero-order chi connectivity index (χ0) is 18.6. The summed E-state index contributed by atoms with van der Waals surface area (Å²) in [5, 5.41) is 17.9. The molecule has 3 aromatic rings. The van der Waals surface area contributed by atoms with Gasteiger partial charge in [-0.1, -0.05) is 61.4 Å². The molecule has 0 aliphatic heterocycles. The highest BCUT2D eigenvalue weighted by Crippen LogP contribution is 2.31. The lowest BCUT2D eigenvalue weighted by atomic mass is 9.96. The number of anilines is 1. The van der Waals surface area contributed by atoms with Crippen molar-refractivity contribution in [2.24, 2.45) is 0 Å². The zero-order valence-electron chi connectivity index (χ0n) is 15.3. The van der Waals surface area contributed by atoms with Crippen LogP contribution in [0.1, 0.15) is 45.1 Å². The highest BCUT2D eigenvalue weighted by atomic mass is 32.2. The van der Waals surface area contributed by atoms with E-state index < -0.39 is 0 Å². The average molecular weight is 382 g/mol. The van der Waals surface area contributed by atoms with Crippen molar-refractivity contribution in [1.29, 1.82) is 0 Å². The summed E-state index contributed by atoms with van der Waals surface area (Å²) in [6.45, 7) is 1.89. The van der Waals surface area contributed by atoms with Gasteiger partial charge >= 0.3 is 0 Å². The summed E-state index contributed by atoms with van der Waals surface area (Å²) in [4.78, 5) is 12.7. The molecule has 1 unspecified atom stereocenters. The minimum Gasteiger partial charge on any atom is -0.325 e. The van der Waals surface area contributed by atoms with Gasteiger partial charge in [-0.2, -0.15) is 0 Å². The molecule has 1 amide bonds. The van der Waals surface area contributed by atoms with E-state index in [2.05, 4.69) is 26.9 Å². The molecule has 2 aromatic carbocycles. The van der Waals surface area contributed by atoms with Crippen LogP contribution in [0.5, 0.6) is 0 Å². The molecule has 1 fully saturated rings. The molecule has 1 aliphatic rings. The van der Waals surface area contributed by atoms with Crippen LogP contribution in [0.4, 0.5) is 5.69 Å². The fourth-order valence-electron chi connectivity index (χ4n) is 3.54. The first-order valence-electron chi connectivity index (χ1n) is 9.45. The number of amides is 1. The maximum absolute atomic E-state index is 12.7. The Morgan fingerprint density at radius 2 is 1.93 bits per heavy atom. The van der Waals surface area contributed by atoms with Crippen LogP contribution in [0.15, 0.2) is 47.6 Å². The summed E-state index contributed by atoms with van der Waals surface area (Å²) in [6.07, 6.45) is 5.93. The monoisotopic (exact) mass is 381 g/mol. The highest BCUT2D eigenvalue weighted by Gasteiger charge is 2.23. The van der Waals surface area contributed by atoms with Crippen molar-refractivity contribution >= 4 is 34.1 Å². The molecule has 0 saturated heterocycles. The van der Waals surface area contributed by atoms with Gasteiger partial charge in [-0.15, -0.1) is 5.10 Å². The summed E-state index contributed by atoms with van der Waals surface area (Å²) < 4.78 is 1.91. The Labute approximate surface area is 162 Å². The smallest absolute Gasteiger partial charge is 0.237 e. The van der Waals surface area contributed by atoms with Gasteiger partial charge in [0.05, 0.1) is 11.3 Å². The van der Waals surface area contributed by atoms with Crippen LogP contribution in [0.2, 0.25) is 0 Å². The van der Waals surface area contributed by atoms with Crippen LogP contribution in [0, 0.1) is 0 Å². The van der Waals surface area contributed by atoms with Gasteiger partial charge in [-0.3, -0.25) is 4.79 Å². The summed E-state index contributed by atoms with van der Waals surface area (Å²) in [6, 6.07) is 14.4. The Balaban J connectivity index is 1.42. The maximum Gasteiger partial charge on any atom is 0.237 e. The Bertz CT molecular complexity index is 935. The van der Waals surface area contributed by atoms with E-state index in [1.807, 2.05) is 48.0 Å². The molecule has 140 valence electrons. The van der Waals surface area contributed by atoms with E-state index in [4.69, 9.17) is 0 Å². The number of carbonyl (C=O) groups excluding carboxylic acids is 1. The van der Waals surface area contributed by atoms with Crippen molar-refractivity contribution in [3.63, 3.8) is 0 Å². The van der Waals surface area contributed by atoms with Crippen LogP contribution in [-0.4, -0.2) is 31.4 Å². The van der Waals surface area contributed by atoms with E-state index in [0.717, 1.165) is 34.5 Å². The minimum atomic E-state index is -0.287. The number of carbonyl (C=O) groups is 1. The number of aromatic nitrogens is 4. The Hall–Kier alpha value is -2.41. The second-order valence-electron chi connectivity index (χ2n) is 7.01. The van der Waals surface area contributed by atoms with E-state index in [9.17, 15) is 4.79 Å². The minimum absolute atomic E-state index is 0.0477. The lowest BCUT2D eigenvalue weighted by Crippen LogP contribution is -2.23. The number of nitrogens with one attached hydrogen (secondary N) is 1. The van der Waals surface area contributed by atoms with Gasteiger partial charge in [0.15, 0.2) is 0 Å². The molecule has 27 heavy (non-hydrogen) atoms. The average Bonchev–Trinajstić information content (AvgIpc) is 3.16. The van der Waals surface area contributed by atoms with Gasteiger partial charge in [-0.25, -0.2) is 4.68 Å². The molecule has 1 aromatic heterocycles. The lowest BCUT2D eigenvalue weighted by Gasteiger charge is -2.22. The van der Waals surface area contributed by atoms with Crippen molar-refractivity contribution in [2.75, 3.05) is 5.32 Å². The van der Waals surface area contributed by atoms with E-state index in [1.165, 1.54) is 31.0 Å². The normalized spacial score (nSPS) is 16.3. The predicted octanol–water partition coefficient (Wildman–Crippen LogP) is 4.45. The van der Waals surface area contributed by atoms with Gasteiger partial charge in [0, 0.05) is 5.69 Å². The SMILES string of the molecule is CC(Sc1nnnn1C1CCCCC1)C(=O)Nc1ccc2ccccc2c1. The molecule has 4 rings (SSSR count). The Kier molecular flexibility index (Phi) is 5.38. The van der Waals surface area contributed by atoms with Gasteiger partial charge in [0.25, 0.3) is 0 Å². The quantitative estimate of drug-likeness (QED) is 0.661. The molecule has 6 nitrogen and oxygen atoms in total. The van der Waals surface area contributed by atoms with Crippen LogP contribution < -0.4 is 5.32 Å². The summed E-state index contributed by atoms with van der Waals surface area (Å²) in [7, 11) is 0. The zero-order valence-corrected chi connectivity index (χ0v) is 16.2. The predicted molar refractivity (Wildman–Crippen MR) is 108 cm³/mol. The maximum atomic E-state index is 12.7. The Morgan fingerprint density at radius 3 is 2.74 bits per heavy atom. The largest absolute Gasteiger partial charge is 0.325 e. The number of fused-ring (bicyclic) bond motifs is 1. The fraction of sp³-hybridized carbons (Fsp3) is 0.400. The van der Waals surface area contributed by atoms with Gasteiger partial charge in [0.2, 0.25) is 11.1 Å². The van der Waals surface area contributed by atoms with Gasteiger partial charge < -0.3 is 5.32 Å². The first-order valence-corrected chi connectivity index (χ1v) is 10.3. The van der Waals surface area contributed by atoms with Gasteiger partial charge in [0.1, 0.15) is 0 Å². The number of hydrogen-bond acceptors (Lipinski definition) is 5. The van der Waals surface area contributed by atoms with Crippen LogP contribution in [0.25, 0.3) is 10.8 Å². The summed E-state index contributed by atoms with van der Waals surface area (Å²) >= 11 is 1.42. The third-order valence-electron chi connectivity index (χ3n) is 5.05. The van der Waals surface area contributed by atoms with Crippen molar-refractivity contribution in [2.45, 2.75) is 55.5 Å². The molecule has 1 N–H and O–H groups in total. The Morgan fingerprint density at radius 1 is 1.15 bits per heavy atom. The van der Waals surface area contributed by atoms with E-state index in [1.54, 1.807) is 0 Å². The van der Waals surface area contributed by atoms with Crippen LogP contribution in [-0.2, 0) is 4.79 Å². The van der Waals surface area contributed by atoms with Crippen molar-refractivity contribution in [3.8, 4) is 0 Å². The van der Waals surface area contributed by atoms with Gasteiger partial charge in [-0.05, 0) is 53.1 Å². The third kappa shape index (κ3) is 4.13. The fourth-order valence-corrected chi connectivity index (χ4v) is 4.40. The molecule has 0 radical (unpaired) electrons. The molecular weight excluding hydrogens is 358 g/mol. The molecule has 1 heterocycles. The number of hydrogen-bond donors (Lipinski definition) is 1. The lowest BCUT2D eigenvalue weighted by molar-refractivity contribution is -0.115. The standard InChI is InChI=1S/C20H23N5OS/c1-14(27-20-22-23-24-25(20)18-9-3-2-4-10-18)19(26)21-17-12-11-15-7-5-6-8-16(15)13-17/h5-8,11-14,18H,2-4,9-10H2,1H3,(H,21,26).